The Morgan fingerprint density at radius 2 is 1.37 bits per heavy atom. The summed E-state index contributed by atoms with van der Waals surface area (Å²) in [6.07, 6.45) is 0. The van der Waals surface area contributed by atoms with Gasteiger partial charge in [0.05, 0.1) is 30.5 Å². The van der Waals surface area contributed by atoms with E-state index < -0.39 is 5.91 Å². The first kappa shape index (κ1) is 24.7. The Balaban J connectivity index is 3.78. The van der Waals surface area contributed by atoms with Crippen molar-refractivity contribution in [3.63, 3.8) is 0 Å². The second kappa shape index (κ2) is 11.0. The Labute approximate surface area is 198 Å². The first-order chi connectivity index (χ1) is 12.6. The molecule has 0 radical (unpaired) electrons. The molecule has 0 aliphatic rings. The Hall–Kier alpha value is -0.300. The van der Waals surface area contributed by atoms with Gasteiger partial charge in [0.15, 0.2) is 0 Å². The van der Waals surface area contributed by atoms with Gasteiger partial charge in [-0.3, -0.25) is 14.4 Å². The summed E-state index contributed by atoms with van der Waals surface area (Å²) in [6.45, 7) is 0.949. The molecule has 0 aromatic heterocycles. The van der Waals surface area contributed by atoms with E-state index in [0.29, 0.717) is 35.1 Å². The van der Waals surface area contributed by atoms with Crippen LogP contribution in [0.2, 0.25) is 0 Å². The van der Waals surface area contributed by atoms with Crippen molar-refractivity contribution in [3.8, 4) is 0 Å². The van der Waals surface area contributed by atoms with Crippen LogP contribution in [0.5, 0.6) is 0 Å². The van der Waals surface area contributed by atoms with Gasteiger partial charge in [0.1, 0.15) is 0 Å². The summed E-state index contributed by atoms with van der Waals surface area (Å²) in [4.78, 5) is 40.3. The molecule has 3 amide bonds. The average molecular weight is 714 g/mol. The normalized spacial score (nSPS) is 10.6. The van der Waals surface area contributed by atoms with E-state index in [9.17, 15) is 14.4 Å². The van der Waals surface area contributed by atoms with Crippen molar-refractivity contribution in [2.24, 2.45) is 22.9 Å². The fraction of sp³-hybridized carbons (Fsp3) is 0.400. The predicted molar refractivity (Wildman–Crippen MR) is 130 cm³/mol. The van der Waals surface area contributed by atoms with Crippen molar-refractivity contribution in [1.29, 1.82) is 0 Å². The summed E-state index contributed by atoms with van der Waals surface area (Å²) in [7, 11) is 1.54. The largest absolute Gasteiger partial charge is 0.366 e. The van der Waals surface area contributed by atoms with E-state index in [0.717, 1.165) is 0 Å². The van der Waals surface area contributed by atoms with Crippen LogP contribution in [0, 0.1) is 10.7 Å². The smallest absolute Gasteiger partial charge is 0.256 e. The lowest BCUT2D eigenvalue weighted by atomic mass is 10.1. The molecule has 0 saturated heterocycles. The Bertz CT molecular complexity index is 753. The summed E-state index contributed by atoms with van der Waals surface area (Å²) in [5.74, 6) is -1.37. The molecule has 1 aromatic rings. The number of benzene rings is 1. The molecular weight excluding hydrogens is 693 g/mol. The molecule has 0 fully saturated rings. The maximum absolute atomic E-state index is 13.2. The number of amides is 3. The van der Waals surface area contributed by atoms with Crippen molar-refractivity contribution >= 4 is 91.2 Å². The van der Waals surface area contributed by atoms with Gasteiger partial charge in [0.25, 0.3) is 11.8 Å². The molecule has 0 saturated carbocycles. The van der Waals surface area contributed by atoms with Gasteiger partial charge >= 0.3 is 0 Å². The number of nitrogens with two attached hydrogens (primary N) is 4. The lowest BCUT2D eigenvalue weighted by Gasteiger charge is -2.27. The van der Waals surface area contributed by atoms with Crippen LogP contribution in [-0.4, -0.2) is 62.4 Å². The van der Waals surface area contributed by atoms with Gasteiger partial charge in [-0.25, -0.2) is 0 Å². The van der Waals surface area contributed by atoms with E-state index >= 15 is 0 Å². The molecule has 0 bridgehead atoms. The van der Waals surface area contributed by atoms with Crippen molar-refractivity contribution in [2.75, 3.05) is 44.7 Å². The highest BCUT2D eigenvalue weighted by molar-refractivity contribution is 14.1. The van der Waals surface area contributed by atoms with Crippen LogP contribution in [0.15, 0.2) is 0 Å². The summed E-state index contributed by atoms with van der Waals surface area (Å²) >= 11 is 5.88. The standard InChI is InChI=1S/C15H21I3N6O3/c1-23(7(25)6-21)13-11(17)8(14(22)26)10(16)9(12(13)18)15(27)24(4-2-19)5-3-20/h2-6,19-21H2,1H3,(H2,22,26). The molecule has 12 heteroatoms. The van der Waals surface area contributed by atoms with Gasteiger partial charge in [-0.15, -0.1) is 0 Å². The first-order valence-electron chi connectivity index (χ1n) is 7.80. The molecule has 27 heavy (non-hydrogen) atoms. The molecule has 0 heterocycles. The molecule has 1 rings (SSSR count). The fourth-order valence-corrected chi connectivity index (χ4v) is 7.28. The second-order valence-electron chi connectivity index (χ2n) is 5.43. The minimum Gasteiger partial charge on any atom is -0.366 e. The molecule has 0 unspecified atom stereocenters. The van der Waals surface area contributed by atoms with Gasteiger partial charge in [0.2, 0.25) is 5.91 Å². The van der Waals surface area contributed by atoms with Gasteiger partial charge < -0.3 is 32.7 Å². The quantitative estimate of drug-likeness (QED) is 0.275. The van der Waals surface area contributed by atoms with Crippen LogP contribution in [-0.2, 0) is 4.79 Å². The maximum atomic E-state index is 13.2. The third-order valence-electron chi connectivity index (χ3n) is 3.72. The fourth-order valence-electron chi connectivity index (χ4n) is 2.40. The molecule has 0 atom stereocenters. The number of carbonyl (C=O) groups is 3. The minimum atomic E-state index is -0.687. The molecule has 9 nitrogen and oxygen atoms in total. The van der Waals surface area contributed by atoms with Crippen molar-refractivity contribution in [3.05, 3.63) is 21.8 Å². The van der Waals surface area contributed by atoms with Crippen molar-refractivity contribution in [1.82, 2.24) is 4.90 Å². The monoisotopic (exact) mass is 714 g/mol. The topological polar surface area (TPSA) is 162 Å². The zero-order valence-electron chi connectivity index (χ0n) is 14.6. The number of primary amides is 1. The molecule has 0 spiro atoms. The number of anilines is 1. The Morgan fingerprint density at radius 3 is 1.78 bits per heavy atom. The first-order valence-corrected chi connectivity index (χ1v) is 11.0. The van der Waals surface area contributed by atoms with Gasteiger partial charge in [-0.2, -0.15) is 0 Å². The SMILES string of the molecule is CN(C(=O)CN)c1c(I)c(C(N)=O)c(I)c(C(=O)N(CCN)CCN)c1I. The van der Waals surface area contributed by atoms with E-state index in [1.165, 1.54) is 16.8 Å². The summed E-state index contributed by atoms with van der Waals surface area (Å²) in [6, 6.07) is 0. The number of hydrogen-bond acceptors (Lipinski definition) is 6. The predicted octanol–water partition coefficient (Wildman–Crippen LogP) is -0.120. The highest BCUT2D eigenvalue weighted by atomic mass is 127. The zero-order valence-corrected chi connectivity index (χ0v) is 21.1. The molecule has 8 N–H and O–H groups in total. The van der Waals surface area contributed by atoms with E-state index in [1.54, 1.807) is 0 Å². The number of hydrogen-bond donors (Lipinski definition) is 4. The third-order valence-corrected chi connectivity index (χ3v) is 6.90. The molecule has 0 aliphatic carbocycles. The highest BCUT2D eigenvalue weighted by Gasteiger charge is 2.31. The molecule has 150 valence electrons. The van der Waals surface area contributed by atoms with E-state index in [2.05, 4.69) is 0 Å². The van der Waals surface area contributed by atoms with Crippen molar-refractivity contribution in [2.45, 2.75) is 0 Å². The lowest BCUT2D eigenvalue weighted by molar-refractivity contribution is -0.117. The molecular formula is C15H21I3N6O3. The van der Waals surface area contributed by atoms with Crippen molar-refractivity contribution < 1.29 is 14.4 Å². The number of rotatable bonds is 8. The number of nitrogens with zero attached hydrogens (tertiary/aromatic N) is 2. The summed E-state index contributed by atoms with van der Waals surface area (Å²) < 4.78 is 1.44. The van der Waals surface area contributed by atoms with Crippen LogP contribution >= 0.6 is 67.8 Å². The number of carbonyl (C=O) groups excluding carboxylic acids is 3. The molecule has 0 aliphatic heterocycles. The summed E-state index contributed by atoms with van der Waals surface area (Å²) in [5.41, 5.74) is 23.2. The van der Waals surface area contributed by atoms with Gasteiger partial charge in [0, 0.05) is 36.8 Å². The summed E-state index contributed by atoms with van der Waals surface area (Å²) in [5, 5.41) is 0. The average Bonchev–Trinajstić information content (AvgIpc) is 2.59. The van der Waals surface area contributed by atoms with Crippen LogP contribution in [0.25, 0.3) is 0 Å². The number of likely N-dealkylation sites (N-methyl/N-ethyl adjacent to an activating group) is 1. The molecule has 1 aromatic carbocycles. The van der Waals surface area contributed by atoms with Gasteiger partial charge in [-0.05, 0) is 67.8 Å². The van der Waals surface area contributed by atoms with Crippen LogP contribution in [0.4, 0.5) is 5.69 Å². The second-order valence-corrected chi connectivity index (χ2v) is 8.67. The van der Waals surface area contributed by atoms with Crippen LogP contribution in [0.3, 0.4) is 0 Å². The Kier molecular flexibility index (Phi) is 10.1. The third kappa shape index (κ3) is 5.40. The lowest BCUT2D eigenvalue weighted by Crippen LogP contribution is -2.40. The maximum Gasteiger partial charge on any atom is 0.256 e. The minimum absolute atomic E-state index is 0.187. The van der Waals surface area contributed by atoms with Crippen LogP contribution in [0.1, 0.15) is 20.7 Å². The van der Waals surface area contributed by atoms with E-state index in [-0.39, 0.29) is 37.0 Å². The van der Waals surface area contributed by atoms with E-state index in [1.807, 2.05) is 67.8 Å². The van der Waals surface area contributed by atoms with Gasteiger partial charge in [-0.1, -0.05) is 0 Å². The van der Waals surface area contributed by atoms with Crippen LogP contribution < -0.4 is 27.8 Å². The Morgan fingerprint density at radius 1 is 0.889 bits per heavy atom. The number of halogens is 3. The highest BCUT2D eigenvalue weighted by Crippen LogP contribution is 2.37. The zero-order chi connectivity index (χ0) is 20.9. The van der Waals surface area contributed by atoms with E-state index in [4.69, 9.17) is 22.9 Å².